The average Bonchev–Trinajstić information content (AvgIpc) is 3.24. The number of aromatic nitrogens is 1. The monoisotopic (exact) mass is 473 g/mol. The largest absolute Gasteiger partial charge is 0.495 e. The van der Waals surface area contributed by atoms with Crippen molar-refractivity contribution in [1.29, 1.82) is 0 Å². The van der Waals surface area contributed by atoms with Gasteiger partial charge in [0.25, 0.3) is 5.91 Å². The van der Waals surface area contributed by atoms with Gasteiger partial charge < -0.3 is 14.5 Å². The molecule has 2 N–H and O–H groups in total. The van der Waals surface area contributed by atoms with Gasteiger partial charge in [0, 0.05) is 11.1 Å². The number of fused-ring (bicyclic) bond motifs is 1. The number of rotatable bonds is 5. The molecule has 4 rings (SSSR count). The summed E-state index contributed by atoms with van der Waals surface area (Å²) in [6.45, 7) is 8.26. The summed E-state index contributed by atoms with van der Waals surface area (Å²) in [5, 5.41) is 5.95. The number of aryl methyl sites for hydroxylation is 2. The SMILES string of the molecule is COc1ccc(-c2nc3cc(C(C)C)ccc3o2)cc1NC(=S)NC(=O)c1ccc(C)c(C)c1. The molecule has 0 aliphatic rings. The predicted octanol–water partition coefficient (Wildman–Crippen LogP) is 6.37. The number of amides is 1. The van der Waals surface area contributed by atoms with Crippen LogP contribution in [0.3, 0.4) is 0 Å². The minimum absolute atomic E-state index is 0.165. The second-order valence-electron chi connectivity index (χ2n) is 8.52. The molecule has 0 bridgehead atoms. The van der Waals surface area contributed by atoms with E-state index in [-0.39, 0.29) is 11.0 Å². The summed E-state index contributed by atoms with van der Waals surface area (Å²) >= 11 is 5.39. The number of hydrogen-bond donors (Lipinski definition) is 2. The molecule has 34 heavy (non-hydrogen) atoms. The Hall–Kier alpha value is -3.71. The maximum absolute atomic E-state index is 12.6. The maximum Gasteiger partial charge on any atom is 0.257 e. The molecule has 174 valence electrons. The zero-order valence-corrected chi connectivity index (χ0v) is 20.7. The summed E-state index contributed by atoms with van der Waals surface area (Å²) in [7, 11) is 1.57. The van der Waals surface area contributed by atoms with Gasteiger partial charge in [-0.15, -0.1) is 0 Å². The molecular weight excluding hydrogens is 446 g/mol. The third kappa shape index (κ3) is 4.94. The van der Waals surface area contributed by atoms with E-state index in [9.17, 15) is 4.79 Å². The Balaban J connectivity index is 1.56. The van der Waals surface area contributed by atoms with Gasteiger partial charge in [0.15, 0.2) is 10.7 Å². The molecule has 6 nitrogen and oxygen atoms in total. The van der Waals surface area contributed by atoms with E-state index < -0.39 is 0 Å². The molecule has 0 atom stereocenters. The number of carbonyl (C=O) groups is 1. The highest BCUT2D eigenvalue weighted by molar-refractivity contribution is 7.80. The van der Waals surface area contributed by atoms with Gasteiger partial charge in [-0.2, -0.15) is 0 Å². The van der Waals surface area contributed by atoms with E-state index in [1.54, 1.807) is 19.2 Å². The third-order valence-corrected chi connectivity index (χ3v) is 5.97. The molecule has 1 amide bonds. The lowest BCUT2D eigenvalue weighted by Gasteiger charge is -2.14. The maximum atomic E-state index is 12.6. The minimum Gasteiger partial charge on any atom is -0.495 e. The van der Waals surface area contributed by atoms with E-state index >= 15 is 0 Å². The second-order valence-corrected chi connectivity index (χ2v) is 8.93. The van der Waals surface area contributed by atoms with Crippen LogP contribution in [-0.2, 0) is 0 Å². The van der Waals surface area contributed by atoms with Crippen molar-refractivity contribution in [3.8, 4) is 17.2 Å². The number of thiocarbonyl (C=S) groups is 1. The van der Waals surface area contributed by atoms with Gasteiger partial charge in [-0.25, -0.2) is 4.98 Å². The molecule has 0 saturated heterocycles. The van der Waals surface area contributed by atoms with Gasteiger partial charge >= 0.3 is 0 Å². The van der Waals surface area contributed by atoms with Crippen LogP contribution in [0.4, 0.5) is 5.69 Å². The first-order valence-corrected chi connectivity index (χ1v) is 11.4. The number of nitrogens with zero attached hydrogens (tertiary/aromatic N) is 1. The van der Waals surface area contributed by atoms with Crippen LogP contribution in [0.15, 0.2) is 59.0 Å². The first-order valence-electron chi connectivity index (χ1n) is 11.0. The first-order chi connectivity index (χ1) is 16.2. The molecule has 1 heterocycles. The number of nitrogens with one attached hydrogen (secondary N) is 2. The third-order valence-electron chi connectivity index (χ3n) is 5.77. The van der Waals surface area contributed by atoms with Crippen molar-refractivity contribution in [3.63, 3.8) is 0 Å². The molecule has 0 radical (unpaired) electrons. The summed E-state index contributed by atoms with van der Waals surface area (Å²) in [6.07, 6.45) is 0. The molecule has 0 fully saturated rings. The Morgan fingerprint density at radius 3 is 2.53 bits per heavy atom. The summed E-state index contributed by atoms with van der Waals surface area (Å²) in [6, 6.07) is 17.1. The van der Waals surface area contributed by atoms with E-state index in [4.69, 9.17) is 21.4 Å². The van der Waals surface area contributed by atoms with E-state index in [2.05, 4.69) is 35.5 Å². The number of ether oxygens (including phenoxy) is 1. The number of anilines is 1. The van der Waals surface area contributed by atoms with Crippen molar-refractivity contribution in [2.45, 2.75) is 33.6 Å². The van der Waals surface area contributed by atoms with Crippen LogP contribution in [-0.4, -0.2) is 23.1 Å². The topological polar surface area (TPSA) is 76.4 Å². The molecule has 1 aromatic heterocycles. The Morgan fingerprint density at radius 1 is 1.03 bits per heavy atom. The fourth-order valence-corrected chi connectivity index (χ4v) is 3.78. The normalized spacial score (nSPS) is 11.0. The number of oxazole rings is 1. The fourth-order valence-electron chi connectivity index (χ4n) is 3.58. The van der Waals surface area contributed by atoms with Gasteiger partial charge in [-0.3, -0.25) is 10.1 Å². The lowest BCUT2D eigenvalue weighted by atomic mass is 10.0. The standard InChI is InChI=1S/C27H27N3O3S/c1-15(2)18-8-11-24-22(13-18)28-26(33-24)20-9-10-23(32-5)21(14-20)29-27(34)30-25(31)19-7-6-16(3)17(4)12-19/h6-15H,1-5H3,(H2,29,30,31,34). The van der Waals surface area contributed by atoms with Gasteiger partial charge in [-0.05, 0) is 91.1 Å². The molecule has 4 aromatic rings. The van der Waals surface area contributed by atoms with E-state index in [0.717, 1.165) is 27.8 Å². The van der Waals surface area contributed by atoms with Crippen molar-refractivity contribution in [2.24, 2.45) is 0 Å². The molecule has 0 unspecified atom stereocenters. The van der Waals surface area contributed by atoms with Crippen LogP contribution in [0.2, 0.25) is 0 Å². The molecule has 0 aliphatic heterocycles. The van der Waals surface area contributed by atoms with Crippen molar-refractivity contribution < 1.29 is 13.9 Å². The highest BCUT2D eigenvalue weighted by atomic mass is 32.1. The lowest BCUT2D eigenvalue weighted by Crippen LogP contribution is -2.34. The van der Waals surface area contributed by atoms with E-state index in [1.807, 2.05) is 50.2 Å². The number of carbonyl (C=O) groups excluding carboxylic acids is 1. The Kier molecular flexibility index (Phi) is 6.65. The average molecular weight is 474 g/mol. The zero-order chi connectivity index (χ0) is 24.4. The number of benzene rings is 3. The predicted molar refractivity (Wildman–Crippen MR) is 140 cm³/mol. The summed E-state index contributed by atoms with van der Waals surface area (Å²) < 4.78 is 11.5. The van der Waals surface area contributed by atoms with Crippen molar-refractivity contribution in [2.75, 3.05) is 12.4 Å². The van der Waals surface area contributed by atoms with Crippen molar-refractivity contribution in [3.05, 3.63) is 76.9 Å². The molecule has 0 aliphatic carbocycles. The quantitative estimate of drug-likeness (QED) is 0.328. The number of methoxy groups -OCH3 is 1. The summed E-state index contributed by atoms with van der Waals surface area (Å²) in [4.78, 5) is 17.3. The molecule has 0 saturated carbocycles. The van der Waals surface area contributed by atoms with Gasteiger partial charge in [0.05, 0.1) is 12.8 Å². The zero-order valence-electron chi connectivity index (χ0n) is 19.9. The van der Waals surface area contributed by atoms with Crippen molar-refractivity contribution >= 4 is 40.0 Å². The van der Waals surface area contributed by atoms with E-state index in [0.29, 0.717) is 28.8 Å². The minimum atomic E-state index is -0.282. The summed E-state index contributed by atoms with van der Waals surface area (Å²) in [5.41, 5.74) is 6.79. The van der Waals surface area contributed by atoms with E-state index in [1.165, 1.54) is 5.56 Å². The number of hydrogen-bond acceptors (Lipinski definition) is 5. The van der Waals surface area contributed by atoms with Crippen LogP contribution in [0.1, 0.15) is 46.8 Å². The first kappa shape index (κ1) is 23.4. The van der Waals surface area contributed by atoms with Gasteiger partial charge in [-0.1, -0.05) is 26.0 Å². The van der Waals surface area contributed by atoms with Crippen LogP contribution in [0, 0.1) is 13.8 Å². The van der Waals surface area contributed by atoms with Gasteiger partial charge in [0.2, 0.25) is 5.89 Å². The molecule has 7 heteroatoms. The second kappa shape index (κ2) is 9.65. The van der Waals surface area contributed by atoms with Gasteiger partial charge in [0.1, 0.15) is 11.3 Å². The van der Waals surface area contributed by atoms with Crippen LogP contribution < -0.4 is 15.4 Å². The molecular formula is C27H27N3O3S. The van der Waals surface area contributed by atoms with Crippen LogP contribution in [0.5, 0.6) is 5.75 Å². The fraction of sp³-hybridized carbons (Fsp3) is 0.222. The Labute approximate surface area is 204 Å². The van der Waals surface area contributed by atoms with Crippen LogP contribution >= 0.6 is 12.2 Å². The highest BCUT2D eigenvalue weighted by Crippen LogP contribution is 2.32. The lowest BCUT2D eigenvalue weighted by molar-refractivity contribution is 0.0977. The summed E-state index contributed by atoms with van der Waals surface area (Å²) in [5.74, 6) is 1.19. The van der Waals surface area contributed by atoms with Crippen molar-refractivity contribution in [1.82, 2.24) is 10.3 Å². The smallest absolute Gasteiger partial charge is 0.257 e. The van der Waals surface area contributed by atoms with Crippen LogP contribution in [0.25, 0.3) is 22.6 Å². The highest BCUT2D eigenvalue weighted by Gasteiger charge is 2.15. The Bertz CT molecular complexity index is 1390. The molecule has 0 spiro atoms. The Morgan fingerprint density at radius 2 is 1.82 bits per heavy atom. The molecule has 3 aromatic carbocycles.